The number of carbonyl (C=O) groups excluding carboxylic acids is 1. The minimum Gasteiger partial charge on any atom is -0.373 e. The molecule has 1 atom stereocenters. The molecule has 1 amide bonds. The van der Waals surface area contributed by atoms with E-state index in [9.17, 15) is 9.18 Å². The molecule has 4 nitrogen and oxygen atoms in total. The Kier molecular flexibility index (Phi) is 6.03. The molecule has 0 saturated heterocycles. The maximum atomic E-state index is 14.1. The summed E-state index contributed by atoms with van der Waals surface area (Å²) in [7, 11) is 4.28. The van der Waals surface area contributed by atoms with Gasteiger partial charge in [-0.3, -0.25) is 4.79 Å². The van der Waals surface area contributed by atoms with E-state index in [1.54, 1.807) is 12.1 Å². The van der Waals surface area contributed by atoms with Crippen molar-refractivity contribution in [1.82, 2.24) is 4.90 Å². The molecule has 1 aliphatic heterocycles. The average Bonchev–Trinajstić information content (AvgIpc) is 3.17. The van der Waals surface area contributed by atoms with E-state index in [1.165, 1.54) is 24.5 Å². The van der Waals surface area contributed by atoms with Gasteiger partial charge in [0.25, 0.3) is 0 Å². The molecule has 4 rings (SSSR count). The highest BCUT2D eigenvalue weighted by atomic mass is 35.5. The fourth-order valence-electron chi connectivity index (χ4n) is 4.80. The third-order valence-electron chi connectivity index (χ3n) is 6.59. The van der Waals surface area contributed by atoms with Crippen LogP contribution >= 0.6 is 11.6 Å². The second-order valence-corrected chi connectivity index (χ2v) is 9.29. The number of nitrogens with zero attached hydrogens (tertiary/aromatic N) is 1. The number of anilines is 2. The molecule has 1 heterocycles. The van der Waals surface area contributed by atoms with Crippen molar-refractivity contribution in [3.05, 3.63) is 57.9 Å². The number of aryl methyl sites for hydroxylation is 1. The van der Waals surface area contributed by atoms with Crippen LogP contribution in [0.5, 0.6) is 0 Å². The van der Waals surface area contributed by atoms with E-state index in [0.29, 0.717) is 34.7 Å². The monoisotopic (exact) mass is 429 g/mol. The van der Waals surface area contributed by atoms with Crippen molar-refractivity contribution >= 4 is 28.9 Å². The molecule has 0 radical (unpaired) electrons. The van der Waals surface area contributed by atoms with Gasteiger partial charge in [0.05, 0.1) is 0 Å². The fourth-order valence-corrected chi connectivity index (χ4v) is 5.05. The van der Waals surface area contributed by atoms with Crippen LogP contribution in [0.1, 0.15) is 48.3 Å². The number of nitrogens with one attached hydrogen (secondary N) is 2. The number of hydrogen-bond acceptors (Lipinski definition) is 3. The van der Waals surface area contributed by atoms with Gasteiger partial charge in [0.15, 0.2) is 0 Å². The molecule has 0 aromatic heterocycles. The Morgan fingerprint density at radius 1 is 1.17 bits per heavy atom. The predicted octanol–water partition coefficient (Wildman–Crippen LogP) is 5.35. The Morgan fingerprint density at radius 3 is 2.57 bits per heavy atom. The topological polar surface area (TPSA) is 44.4 Å². The van der Waals surface area contributed by atoms with Crippen LogP contribution < -0.4 is 10.6 Å². The van der Waals surface area contributed by atoms with Gasteiger partial charge in [-0.2, -0.15) is 0 Å². The van der Waals surface area contributed by atoms with E-state index < -0.39 is 6.04 Å². The number of fused-ring (bicyclic) bond motifs is 1. The van der Waals surface area contributed by atoms with Gasteiger partial charge in [0.2, 0.25) is 5.91 Å². The first-order valence-corrected chi connectivity index (χ1v) is 11.0. The Hall–Kier alpha value is -2.11. The largest absolute Gasteiger partial charge is 0.373 e. The van der Waals surface area contributed by atoms with Crippen LogP contribution in [0.2, 0.25) is 5.02 Å². The van der Waals surface area contributed by atoms with Crippen LogP contribution in [-0.4, -0.2) is 37.0 Å². The van der Waals surface area contributed by atoms with Crippen LogP contribution in [0.15, 0.2) is 30.3 Å². The van der Waals surface area contributed by atoms with Gasteiger partial charge in [0, 0.05) is 34.4 Å². The summed E-state index contributed by atoms with van der Waals surface area (Å²) in [5.74, 6) is 0.0208. The highest BCUT2D eigenvalue weighted by Crippen LogP contribution is 2.37. The second kappa shape index (κ2) is 8.56. The smallest absolute Gasteiger partial charge is 0.247 e. The molecule has 6 heteroatoms. The summed E-state index contributed by atoms with van der Waals surface area (Å²) in [4.78, 5) is 15.2. The Labute approximate surface area is 182 Å². The van der Waals surface area contributed by atoms with Gasteiger partial charge in [-0.25, -0.2) is 4.39 Å². The fraction of sp³-hybridized carbons (Fsp3) is 0.458. The lowest BCUT2D eigenvalue weighted by Crippen LogP contribution is -2.33. The number of carbonyl (C=O) groups is 1. The van der Waals surface area contributed by atoms with Gasteiger partial charge in [0.1, 0.15) is 11.9 Å². The molecule has 0 bridgehead atoms. The highest BCUT2D eigenvalue weighted by Gasteiger charge is 2.30. The molecule has 2 aromatic carbocycles. The van der Waals surface area contributed by atoms with Gasteiger partial charge >= 0.3 is 0 Å². The number of amides is 1. The lowest BCUT2D eigenvalue weighted by atomic mass is 9.81. The maximum absolute atomic E-state index is 14.1. The summed E-state index contributed by atoms with van der Waals surface area (Å²) in [5.41, 5.74) is 4.14. The molecule has 2 aliphatic rings. The summed E-state index contributed by atoms with van der Waals surface area (Å²) in [6.07, 6.45) is 4.92. The van der Waals surface area contributed by atoms with Crippen LogP contribution in [0.25, 0.3) is 0 Å². The minimum absolute atomic E-state index is 0.172. The molecule has 1 fully saturated rings. The van der Waals surface area contributed by atoms with E-state index in [-0.39, 0.29) is 11.7 Å². The lowest BCUT2D eigenvalue weighted by Gasteiger charge is -2.33. The van der Waals surface area contributed by atoms with Crippen molar-refractivity contribution < 1.29 is 9.18 Å². The first-order valence-electron chi connectivity index (χ1n) is 10.6. The molecule has 1 saturated carbocycles. The number of hydrogen-bond donors (Lipinski definition) is 2. The van der Waals surface area contributed by atoms with Crippen molar-refractivity contribution in [3.8, 4) is 0 Å². The highest BCUT2D eigenvalue weighted by molar-refractivity contribution is 6.31. The summed E-state index contributed by atoms with van der Waals surface area (Å²) in [6.45, 7) is 1.92. The van der Waals surface area contributed by atoms with E-state index in [0.717, 1.165) is 24.1 Å². The predicted molar refractivity (Wildman–Crippen MR) is 121 cm³/mol. The van der Waals surface area contributed by atoms with Crippen molar-refractivity contribution in [2.75, 3.05) is 24.7 Å². The number of halogens is 2. The van der Waals surface area contributed by atoms with Gasteiger partial charge < -0.3 is 15.5 Å². The molecular formula is C24H29ClFN3O. The van der Waals surface area contributed by atoms with Crippen molar-refractivity contribution in [3.63, 3.8) is 0 Å². The summed E-state index contributed by atoms with van der Waals surface area (Å²) >= 11 is 6.38. The average molecular weight is 430 g/mol. The van der Waals surface area contributed by atoms with E-state index in [4.69, 9.17) is 11.6 Å². The zero-order valence-electron chi connectivity index (χ0n) is 17.8. The Balaban J connectivity index is 1.45. The number of benzene rings is 2. The molecule has 2 N–H and O–H groups in total. The summed E-state index contributed by atoms with van der Waals surface area (Å²) < 4.78 is 14.1. The minimum atomic E-state index is -0.492. The lowest BCUT2D eigenvalue weighted by molar-refractivity contribution is -0.116. The van der Waals surface area contributed by atoms with Crippen molar-refractivity contribution in [1.29, 1.82) is 0 Å². The molecule has 160 valence electrons. The first kappa shape index (κ1) is 21.1. The first-order chi connectivity index (χ1) is 14.3. The van der Waals surface area contributed by atoms with Crippen molar-refractivity contribution in [2.24, 2.45) is 0 Å². The summed E-state index contributed by atoms with van der Waals surface area (Å²) in [5, 5.41) is 6.80. The third-order valence-corrected chi connectivity index (χ3v) is 6.81. The van der Waals surface area contributed by atoms with Gasteiger partial charge in [-0.05, 0) is 88.0 Å². The Bertz CT molecular complexity index is 923. The van der Waals surface area contributed by atoms with E-state index >= 15 is 0 Å². The van der Waals surface area contributed by atoms with Crippen molar-refractivity contribution in [2.45, 2.75) is 57.0 Å². The van der Waals surface area contributed by atoms with Crippen LogP contribution in [0, 0.1) is 12.7 Å². The summed E-state index contributed by atoms with van der Waals surface area (Å²) in [6, 6.07) is 9.17. The third kappa shape index (κ3) is 4.33. The SMILES string of the molecule is Cc1ccc(F)c2c1NC(C(=O)Nc1cc(Cl)cc([C@H]3CC[C@H](N(C)C)CC3)c1)C2. The van der Waals surface area contributed by atoms with Crippen LogP contribution in [0.4, 0.5) is 15.8 Å². The second-order valence-electron chi connectivity index (χ2n) is 8.85. The zero-order valence-corrected chi connectivity index (χ0v) is 18.5. The van der Waals surface area contributed by atoms with Gasteiger partial charge in [-0.15, -0.1) is 0 Å². The number of rotatable bonds is 4. The molecule has 1 aliphatic carbocycles. The zero-order chi connectivity index (χ0) is 21.4. The maximum Gasteiger partial charge on any atom is 0.247 e. The molecule has 30 heavy (non-hydrogen) atoms. The molecule has 1 unspecified atom stereocenters. The van der Waals surface area contributed by atoms with Crippen LogP contribution in [0.3, 0.4) is 0 Å². The van der Waals surface area contributed by atoms with Crippen LogP contribution in [-0.2, 0) is 11.2 Å². The molecule has 0 spiro atoms. The van der Waals surface area contributed by atoms with E-state index in [2.05, 4.69) is 29.6 Å². The molecular weight excluding hydrogens is 401 g/mol. The normalized spacial score (nSPS) is 23.2. The van der Waals surface area contributed by atoms with Gasteiger partial charge in [-0.1, -0.05) is 17.7 Å². The van der Waals surface area contributed by atoms with E-state index in [1.807, 2.05) is 19.1 Å². The standard InChI is InChI=1S/C24H29ClFN3O/c1-14-4-9-21(26)20-13-22(28-23(14)20)24(30)27-18-11-16(10-17(25)12-18)15-5-7-19(8-6-15)29(2)3/h4,9-12,15,19,22,28H,5-8,13H2,1-3H3,(H,27,30)/t15-,19-,22?. The molecule has 2 aromatic rings. The Morgan fingerprint density at radius 2 is 1.90 bits per heavy atom. The quantitative estimate of drug-likeness (QED) is 0.688.